The van der Waals surface area contributed by atoms with E-state index in [4.69, 9.17) is 4.42 Å². The van der Waals surface area contributed by atoms with Crippen LogP contribution in [0.5, 0.6) is 0 Å². The van der Waals surface area contributed by atoms with Crippen molar-refractivity contribution in [2.24, 2.45) is 0 Å². The van der Waals surface area contributed by atoms with Gasteiger partial charge in [-0.2, -0.15) is 0 Å². The summed E-state index contributed by atoms with van der Waals surface area (Å²) in [4.78, 5) is 0. The third-order valence-electron chi connectivity index (χ3n) is 8.83. The molecule has 1 aromatic heterocycles. The highest BCUT2D eigenvalue weighted by molar-refractivity contribution is 6.28. The van der Waals surface area contributed by atoms with Crippen LogP contribution in [0, 0.1) is 0 Å². The molecule has 0 amide bonds. The minimum atomic E-state index is 0.915. The highest BCUT2D eigenvalue weighted by Gasteiger charge is 2.21. The van der Waals surface area contributed by atoms with E-state index in [1.165, 1.54) is 65.7 Å². The zero-order chi connectivity index (χ0) is 28.3. The molecule has 9 rings (SSSR count). The highest BCUT2D eigenvalue weighted by Crippen LogP contribution is 2.48. The molecule has 0 bridgehead atoms. The zero-order valence-electron chi connectivity index (χ0n) is 23.4. The fourth-order valence-electron chi connectivity index (χ4n) is 6.97. The normalized spacial score (nSPS) is 11.7. The lowest BCUT2D eigenvalue weighted by molar-refractivity contribution is 0.673. The Morgan fingerprint density at radius 3 is 1.60 bits per heavy atom. The molecule has 0 radical (unpaired) electrons. The number of benzene rings is 8. The molecule has 0 aliphatic carbocycles. The molecular weight excluding hydrogens is 520 g/mol. The summed E-state index contributed by atoms with van der Waals surface area (Å²) in [6.45, 7) is 0. The predicted octanol–water partition coefficient (Wildman–Crippen LogP) is 12.0. The van der Waals surface area contributed by atoms with Crippen molar-refractivity contribution in [2.75, 3.05) is 0 Å². The van der Waals surface area contributed by atoms with Crippen molar-refractivity contribution in [3.63, 3.8) is 0 Å². The second-order valence-corrected chi connectivity index (χ2v) is 11.2. The molecule has 43 heavy (non-hydrogen) atoms. The molecule has 0 fully saturated rings. The van der Waals surface area contributed by atoms with Crippen LogP contribution in [0.25, 0.3) is 87.6 Å². The summed E-state index contributed by atoms with van der Waals surface area (Å²) < 4.78 is 6.60. The van der Waals surface area contributed by atoms with Crippen molar-refractivity contribution < 1.29 is 4.42 Å². The van der Waals surface area contributed by atoms with Crippen molar-refractivity contribution in [1.82, 2.24) is 0 Å². The van der Waals surface area contributed by atoms with Crippen LogP contribution in [0.3, 0.4) is 0 Å². The first kappa shape index (κ1) is 24.0. The molecule has 0 unspecified atom stereocenters. The van der Waals surface area contributed by atoms with Gasteiger partial charge in [-0.05, 0) is 78.5 Å². The number of para-hydroxylation sites is 1. The van der Waals surface area contributed by atoms with E-state index in [1.807, 2.05) is 0 Å². The summed E-state index contributed by atoms with van der Waals surface area (Å²) in [5.41, 5.74) is 9.24. The Bertz CT molecular complexity index is 2440. The Labute approximate surface area is 249 Å². The van der Waals surface area contributed by atoms with Crippen molar-refractivity contribution in [3.8, 4) is 33.4 Å². The number of fused-ring (bicyclic) bond motifs is 7. The molecule has 8 aromatic carbocycles. The van der Waals surface area contributed by atoms with Crippen LogP contribution in [-0.4, -0.2) is 0 Å². The van der Waals surface area contributed by atoms with Gasteiger partial charge in [0.25, 0.3) is 0 Å². The molecule has 1 nitrogen and oxygen atoms in total. The van der Waals surface area contributed by atoms with Crippen molar-refractivity contribution in [3.05, 3.63) is 158 Å². The third kappa shape index (κ3) is 3.65. The van der Waals surface area contributed by atoms with Gasteiger partial charge in [-0.25, -0.2) is 0 Å². The molecule has 0 atom stereocenters. The summed E-state index contributed by atoms with van der Waals surface area (Å²) in [5, 5.41) is 9.60. The quantitative estimate of drug-likeness (QED) is 0.201. The molecule has 0 saturated heterocycles. The summed E-state index contributed by atoms with van der Waals surface area (Å²) in [6, 6.07) is 56.7. The predicted molar refractivity (Wildman–Crippen MR) is 183 cm³/mol. The van der Waals surface area contributed by atoms with Gasteiger partial charge in [0.05, 0.1) is 0 Å². The van der Waals surface area contributed by atoms with Gasteiger partial charge in [0.15, 0.2) is 0 Å². The van der Waals surface area contributed by atoms with E-state index >= 15 is 0 Å². The van der Waals surface area contributed by atoms with Crippen LogP contribution >= 0.6 is 0 Å². The first-order valence-corrected chi connectivity index (χ1v) is 14.8. The smallest absolute Gasteiger partial charge is 0.143 e. The van der Waals surface area contributed by atoms with Gasteiger partial charge in [-0.3, -0.25) is 0 Å². The Morgan fingerprint density at radius 2 is 0.884 bits per heavy atom. The van der Waals surface area contributed by atoms with Gasteiger partial charge in [-0.15, -0.1) is 0 Å². The van der Waals surface area contributed by atoms with E-state index in [0.717, 1.165) is 21.9 Å². The topological polar surface area (TPSA) is 13.1 Å². The van der Waals surface area contributed by atoms with E-state index in [2.05, 4.69) is 158 Å². The molecule has 0 saturated carbocycles. The lowest BCUT2D eigenvalue weighted by Gasteiger charge is -2.19. The summed E-state index contributed by atoms with van der Waals surface area (Å²) >= 11 is 0. The van der Waals surface area contributed by atoms with Crippen LogP contribution < -0.4 is 0 Å². The van der Waals surface area contributed by atoms with Crippen molar-refractivity contribution in [2.45, 2.75) is 0 Å². The summed E-state index contributed by atoms with van der Waals surface area (Å²) in [5.74, 6) is 0. The Kier molecular flexibility index (Phi) is 5.27. The largest absolute Gasteiger partial charge is 0.455 e. The van der Waals surface area contributed by atoms with Crippen LogP contribution in [0.2, 0.25) is 0 Å². The zero-order valence-corrected chi connectivity index (χ0v) is 23.4. The molecule has 1 heteroatoms. The third-order valence-corrected chi connectivity index (χ3v) is 8.83. The van der Waals surface area contributed by atoms with Gasteiger partial charge in [0.1, 0.15) is 11.2 Å². The standard InChI is InChI=1S/C42H26O/c1-2-13-27(14-3-1)28-16-12-17-30(25-28)39-32-19-6-8-21-34(32)40(35-22-9-7-20-33(35)39)37-26-29-15-4-5-18-31(29)42-41(37)36-23-10-11-24-38(36)43-42/h1-26H. The first-order valence-electron chi connectivity index (χ1n) is 14.8. The minimum absolute atomic E-state index is 0.915. The second-order valence-electron chi connectivity index (χ2n) is 11.2. The van der Waals surface area contributed by atoms with Crippen molar-refractivity contribution in [1.29, 1.82) is 0 Å². The van der Waals surface area contributed by atoms with Crippen molar-refractivity contribution >= 4 is 54.3 Å². The van der Waals surface area contributed by atoms with Gasteiger partial charge in [0.2, 0.25) is 0 Å². The highest BCUT2D eigenvalue weighted by atomic mass is 16.3. The van der Waals surface area contributed by atoms with Gasteiger partial charge in [0, 0.05) is 16.2 Å². The number of hydrogen-bond acceptors (Lipinski definition) is 1. The maximum Gasteiger partial charge on any atom is 0.143 e. The van der Waals surface area contributed by atoms with Crippen LogP contribution in [0.1, 0.15) is 0 Å². The van der Waals surface area contributed by atoms with E-state index in [9.17, 15) is 0 Å². The van der Waals surface area contributed by atoms with Gasteiger partial charge < -0.3 is 4.42 Å². The SMILES string of the molecule is c1ccc(-c2cccc(-c3c4ccccc4c(-c4cc5ccccc5c5oc6ccccc6c45)c4ccccc34)c2)cc1. The average Bonchev–Trinajstić information content (AvgIpc) is 3.48. The second kappa shape index (κ2) is 9.44. The number of furan rings is 1. The fraction of sp³-hybridized carbons (Fsp3) is 0. The lowest BCUT2D eigenvalue weighted by Crippen LogP contribution is -1.92. The van der Waals surface area contributed by atoms with E-state index < -0.39 is 0 Å². The molecule has 9 aromatic rings. The fourth-order valence-corrected chi connectivity index (χ4v) is 6.97. The number of hydrogen-bond donors (Lipinski definition) is 0. The monoisotopic (exact) mass is 546 g/mol. The lowest BCUT2D eigenvalue weighted by atomic mass is 9.84. The number of rotatable bonds is 3. The van der Waals surface area contributed by atoms with Gasteiger partial charge in [-0.1, -0.05) is 140 Å². The maximum atomic E-state index is 6.60. The summed E-state index contributed by atoms with van der Waals surface area (Å²) in [7, 11) is 0. The molecular formula is C42H26O. The first-order chi connectivity index (χ1) is 21.3. The molecule has 0 N–H and O–H groups in total. The van der Waals surface area contributed by atoms with E-state index in [1.54, 1.807) is 0 Å². The molecule has 0 aliphatic rings. The van der Waals surface area contributed by atoms with Gasteiger partial charge >= 0.3 is 0 Å². The molecule has 0 aliphatic heterocycles. The van der Waals surface area contributed by atoms with Crippen LogP contribution in [0.4, 0.5) is 0 Å². The summed E-state index contributed by atoms with van der Waals surface area (Å²) in [6.07, 6.45) is 0. The van der Waals surface area contributed by atoms with E-state index in [0.29, 0.717) is 0 Å². The molecule has 200 valence electrons. The minimum Gasteiger partial charge on any atom is -0.455 e. The Hall–Kier alpha value is -5.66. The van der Waals surface area contributed by atoms with Crippen LogP contribution in [0.15, 0.2) is 162 Å². The molecule has 1 heterocycles. The van der Waals surface area contributed by atoms with Crippen LogP contribution in [-0.2, 0) is 0 Å². The Morgan fingerprint density at radius 1 is 0.349 bits per heavy atom. The maximum absolute atomic E-state index is 6.60. The Balaban J connectivity index is 1.44. The molecule has 0 spiro atoms. The average molecular weight is 547 g/mol. The van der Waals surface area contributed by atoms with E-state index in [-0.39, 0.29) is 0 Å².